The molecule has 130 valence electrons. The first kappa shape index (κ1) is 19.1. The lowest BCUT2D eigenvalue weighted by molar-refractivity contribution is -0.137. The van der Waals surface area contributed by atoms with Crippen LogP contribution in [0.1, 0.15) is 19.4 Å². The van der Waals surface area contributed by atoms with E-state index >= 15 is 0 Å². The van der Waals surface area contributed by atoms with Gasteiger partial charge in [0.25, 0.3) is 0 Å². The monoisotopic (exact) mass is 348 g/mol. The highest BCUT2D eigenvalue weighted by Gasteiger charge is 2.25. The van der Waals surface area contributed by atoms with Gasteiger partial charge in [-0.05, 0) is 19.9 Å². The summed E-state index contributed by atoms with van der Waals surface area (Å²) in [6, 6.07) is 0.170. The molecule has 0 saturated carbocycles. The van der Waals surface area contributed by atoms with Gasteiger partial charge in [-0.1, -0.05) is 5.16 Å². The molecule has 0 amide bonds. The molecule has 1 aromatic rings. The predicted octanol–water partition coefficient (Wildman–Crippen LogP) is 2.95. The van der Waals surface area contributed by atoms with Crippen molar-refractivity contribution in [2.24, 2.45) is 10.1 Å². The Morgan fingerprint density at radius 2 is 1.88 bits per heavy atom. The van der Waals surface area contributed by atoms with E-state index in [0.29, 0.717) is 6.21 Å². The van der Waals surface area contributed by atoms with Gasteiger partial charge in [0.15, 0.2) is 29.1 Å². The van der Waals surface area contributed by atoms with Crippen molar-refractivity contribution in [3.8, 4) is 0 Å². The quantitative estimate of drug-likeness (QED) is 0.0836. The van der Waals surface area contributed by atoms with Crippen LogP contribution in [0.25, 0.3) is 5.76 Å². The normalized spacial score (nSPS) is 13.2. The number of nitrogens with zero attached hydrogens (tertiary/aromatic N) is 2. The minimum Gasteiger partial charge on any atom is -0.506 e. The minimum atomic E-state index is -2.16. The number of aliphatic hydroxyl groups is 1. The largest absolute Gasteiger partial charge is 0.506 e. The van der Waals surface area contributed by atoms with Crippen molar-refractivity contribution in [2.45, 2.75) is 13.8 Å². The number of carbonyl (C=O) groups excluding carboxylic acids is 1. The van der Waals surface area contributed by atoms with Gasteiger partial charge in [0, 0.05) is 6.21 Å². The molecule has 0 bridgehead atoms. The molecule has 0 aromatic heterocycles. The van der Waals surface area contributed by atoms with Crippen molar-refractivity contribution in [3.63, 3.8) is 0 Å². The van der Waals surface area contributed by atoms with Gasteiger partial charge in [-0.3, -0.25) is 0 Å². The van der Waals surface area contributed by atoms with Gasteiger partial charge >= 0.3 is 5.97 Å². The first-order valence-electron chi connectivity index (χ1n) is 6.41. The van der Waals surface area contributed by atoms with Crippen LogP contribution in [0.15, 0.2) is 21.8 Å². The van der Waals surface area contributed by atoms with Crippen LogP contribution in [0.4, 0.5) is 17.6 Å². The lowest BCUT2D eigenvalue weighted by Gasteiger charge is -2.09. The molecule has 6 nitrogen and oxygen atoms in total. The summed E-state index contributed by atoms with van der Waals surface area (Å²) in [7, 11) is 0. The Hall–Kier alpha value is -2.91. The molecule has 2 N–H and O–H groups in total. The molecule has 1 rings (SSSR count). The van der Waals surface area contributed by atoms with Crippen LogP contribution in [0.2, 0.25) is 0 Å². The van der Waals surface area contributed by atoms with E-state index in [-0.39, 0.29) is 18.5 Å². The van der Waals surface area contributed by atoms with E-state index in [9.17, 15) is 27.5 Å². The Labute approximate surface area is 133 Å². The second-order valence-electron chi connectivity index (χ2n) is 4.24. The van der Waals surface area contributed by atoms with Crippen LogP contribution in [0.3, 0.4) is 0 Å². The fourth-order valence-electron chi connectivity index (χ4n) is 1.49. The number of ether oxygens (including phenoxy) is 1. The van der Waals surface area contributed by atoms with Gasteiger partial charge < -0.3 is 15.1 Å². The maximum Gasteiger partial charge on any atom is 0.343 e. The molecule has 0 aliphatic heterocycles. The Balaban J connectivity index is 3.58. The van der Waals surface area contributed by atoms with Crippen LogP contribution in [0.5, 0.6) is 0 Å². The zero-order valence-corrected chi connectivity index (χ0v) is 12.5. The molecule has 0 radical (unpaired) electrons. The fourth-order valence-corrected chi connectivity index (χ4v) is 1.49. The van der Waals surface area contributed by atoms with Crippen LogP contribution < -0.4 is 0 Å². The lowest BCUT2D eigenvalue weighted by atomic mass is 10.1. The Bertz CT molecular complexity index is 745. The van der Waals surface area contributed by atoms with Gasteiger partial charge in [0.2, 0.25) is 0 Å². The highest BCUT2D eigenvalue weighted by Crippen LogP contribution is 2.25. The van der Waals surface area contributed by atoms with Gasteiger partial charge in [-0.2, -0.15) is 0 Å². The van der Waals surface area contributed by atoms with Gasteiger partial charge in [0.05, 0.1) is 12.2 Å². The molecular weight excluding hydrogens is 336 g/mol. The molecule has 0 fully saturated rings. The summed E-state index contributed by atoms with van der Waals surface area (Å²) in [5.41, 5.74) is -1.90. The second-order valence-corrected chi connectivity index (χ2v) is 4.24. The van der Waals surface area contributed by atoms with Crippen molar-refractivity contribution < 1.29 is 37.4 Å². The molecule has 0 aliphatic carbocycles. The number of esters is 1. The zero-order valence-electron chi connectivity index (χ0n) is 12.5. The molecule has 10 heteroatoms. The summed E-state index contributed by atoms with van der Waals surface area (Å²) in [4.78, 5) is 15.2. The summed E-state index contributed by atoms with van der Waals surface area (Å²) in [5, 5.41) is 21.1. The summed E-state index contributed by atoms with van der Waals surface area (Å²) in [6.07, 6.45) is 0.640. The number of carbonyl (C=O) groups is 1. The van der Waals surface area contributed by atoms with Gasteiger partial charge in [-0.25, -0.2) is 27.3 Å². The average molecular weight is 348 g/mol. The van der Waals surface area contributed by atoms with E-state index in [1.54, 1.807) is 0 Å². The summed E-state index contributed by atoms with van der Waals surface area (Å²) in [5.74, 6) is -10.6. The number of hydrogen-bond donors (Lipinski definition) is 2. The summed E-state index contributed by atoms with van der Waals surface area (Å²) < 4.78 is 57.8. The van der Waals surface area contributed by atoms with Gasteiger partial charge in [-0.15, -0.1) is 0 Å². The Morgan fingerprint density at radius 3 is 2.42 bits per heavy atom. The van der Waals surface area contributed by atoms with Crippen molar-refractivity contribution in [2.75, 3.05) is 6.61 Å². The summed E-state index contributed by atoms with van der Waals surface area (Å²) in [6.45, 7) is 2.52. The van der Waals surface area contributed by atoms with E-state index < -0.39 is 46.1 Å². The highest BCUT2D eigenvalue weighted by atomic mass is 19.2. The van der Waals surface area contributed by atoms with E-state index in [4.69, 9.17) is 5.21 Å². The topological polar surface area (TPSA) is 91.5 Å². The number of halogens is 4. The van der Waals surface area contributed by atoms with Crippen LogP contribution >= 0.6 is 0 Å². The van der Waals surface area contributed by atoms with Crippen molar-refractivity contribution in [1.82, 2.24) is 0 Å². The van der Waals surface area contributed by atoms with Crippen molar-refractivity contribution in [1.29, 1.82) is 0 Å². The molecule has 0 unspecified atom stereocenters. The maximum atomic E-state index is 13.7. The van der Waals surface area contributed by atoms with E-state index in [2.05, 4.69) is 14.9 Å². The van der Waals surface area contributed by atoms with Gasteiger partial charge in [0.1, 0.15) is 11.3 Å². The standard InChI is InChI=1S/C14H12F4N2O4/c1-3-24-14(22)8(5-19-6(2)20-23)13(21)7-4-9(15)11(17)12(18)10(7)16/h4-5,21,23H,3H2,1-2H3/b13-8+,19-5+,20-6+. The Morgan fingerprint density at radius 1 is 1.25 bits per heavy atom. The number of aliphatic imine (C=N–C) groups is 1. The van der Waals surface area contributed by atoms with E-state index in [0.717, 1.165) is 0 Å². The number of hydrogen-bond acceptors (Lipinski definition) is 5. The Kier molecular flexibility index (Phi) is 6.45. The third-order valence-electron chi connectivity index (χ3n) is 2.63. The number of oxime groups is 1. The number of benzene rings is 1. The van der Waals surface area contributed by atoms with Crippen LogP contribution in [-0.2, 0) is 9.53 Å². The fraction of sp³-hybridized carbons (Fsp3) is 0.214. The third-order valence-corrected chi connectivity index (χ3v) is 2.63. The molecule has 1 aromatic carbocycles. The molecule has 0 heterocycles. The highest BCUT2D eigenvalue weighted by molar-refractivity contribution is 6.16. The molecular formula is C14H12F4N2O4. The molecule has 0 spiro atoms. The number of rotatable bonds is 4. The zero-order chi connectivity index (χ0) is 18.4. The maximum absolute atomic E-state index is 13.7. The lowest BCUT2D eigenvalue weighted by Crippen LogP contribution is -2.13. The van der Waals surface area contributed by atoms with Crippen molar-refractivity contribution in [3.05, 3.63) is 40.5 Å². The third kappa shape index (κ3) is 4.09. The van der Waals surface area contributed by atoms with Crippen molar-refractivity contribution >= 4 is 23.8 Å². The minimum absolute atomic E-state index is 0.134. The SMILES string of the molecule is CCOC(=O)C(/C=N/C(C)=N/O)=C(/O)c1cc(F)c(F)c(F)c1F. The van der Waals surface area contributed by atoms with Crippen LogP contribution in [-0.4, -0.2) is 34.9 Å². The smallest absolute Gasteiger partial charge is 0.343 e. The van der Waals surface area contributed by atoms with E-state index in [1.807, 2.05) is 0 Å². The first-order chi connectivity index (χ1) is 11.2. The summed E-state index contributed by atoms with van der Waals surface area (Å²) >= 11 is 0. The molecule has 24 heavy (non-hydrogen) atoms. The average Bonchev–Trinajstić information content (AvgIpc) is 2.56. The molecule has 0 saturated heterocycles. The van der Waals surface area contributed by atoms with E-state index in [1.165, 1.54) is 13.8 Å². The number of amidine groups is 1. The second kappa shape index (κ2) is 8.09. The number of aliphatic hydroxyl groups excluding tert-OH is 1. The first-order valence-corrected chi connectivity index (χ1v) is 6.41. The molecule has 0 aliphatic rings. The predicted molar refractivity (Wildman–Crippen MR) is 75.8 cm³/mol. The molecule has 0 atom stereocenters. The van der Waals surface area contributed by atoms with Crippen LogP contribution in [0, 0.1) is 23.3 Å².